The van der Waals surface area contributed by atoms with Gasteiger partial charge in [0.25, 0.3) is 0 Å². The van der Waals surface area contributed by atoms with E-state index in [9.17, 15) is 18.0 Å². The number of hydrogen-bond acceptors (Lipinski definition) is 3. The number of halogens is 3. The van der Waals surface area contributed by atoms with E-state index in [2.05, 4.69) is 5.32 Å². The quantitative estimate of drug-likeness (QED) is 0.839. The summed E-state index contributed by atoms with van der Waals surface area (Å²) in [7, 11) is 0. The predicted molar refractivity (Wildman–Crippen MR) is 59.3 cm³/mol. The number of rotatable bonds is 4. The lowest BCUT2D eigenvalue weighted by Gasteiger charge is -2.06. The minimum absolute atomic E-state index is 0.0669. The van der Waals surface area contributed by atoms with Crippen LogP contribution in [0.2, 0.25) is 0 Å². The van der Waals surface area contributed by atoms with Gasteiger partial charge in [-0.1, -0.05) is 0 Å². The molecule has 0 amide bonds. The second-order valence-corrected chi connectivity index (χ2v) is 3.71. The first-order chi connectivity index (χ1) is 8.97. The number of hydrogen-bond donors (Lipinski definition) is 2. The fourth-order valence-electron chi connectivity index (χ4n) is 1.45. The van der Waals surface area contributed by atoms with Crippen molar-refractivity contribution < 1.29 is 27.5 Å². The van der Waals surface area contributed by atoms with E-state index in [0.717, 1.165) is 12.3 Å². The molecule has 0 saturated carbocycles. The summed E-state index contributed by atoms with van der Waals surface area (Å²) >= 11 is 0. The maximum Gasteiger partial charge on any atom is 0.338 e. The molecule has 1 aromatic heterocycles. The summed E-state index contributed by atoms with van der Waals surface area (Å²) in [6, 6.07) is 2.44. The van der Waals surface area contributed by atoms with E-state index in [1.54, 1.807) is 0 Å². The molecular formula is C12H8F3NO3. The zero-order chi connectivity index (χ0) is 14.0. The number of carboxylic acid groups (broad SMARTS) is 1. The topological polar surface area (TPSA) is 62.5 Å². The molecule has 0 aliphatic heterocycles. The molecule has 0 atom stereocenters. The molecule has 2 aromatic rings. The number of furan rings is 1. The number of carbonyl (C=O) groups is 1. The highest BCUT2D eigenvalue weighted by Gasteiger charge is 2.12. The molecule has 0 saturated heterocycles. The van der Waals surface area contributed by atoms with E-state index in [0.29, 0.717) is 6.07 Å². The van der Waals surface area contributed by atoms with E-state index < -0.39 is 23.4 Å². The Balaban J connectivity index is 2.12. The van der Waals surface area contributed by atoms with Gasteiger partial charge in [-0.25, -0.2) is 18.0 Å². The summed E-state index contributed by atoms with van der Waals surface area (Å²) in [5, 5.41) is 11.1. The van der Waals surface area contributed by atoms with Gasteiger partial charge in [0.2, 0.25) is 0 Å². The van der Waals surface area contributed by atoms with Gasteiger partial charge in [0.1, 0.15) is 17.8 Å². The Kier molecular flexibility index (Phi) is 3.46. The van der Waals surface area contributed by atoms with Gasteiger partial charge in [0.15, 0.2) is 11.6 Å². The van der Waals surface area contributed by atoms with Gasteiger partial charge in [-0.2, -0.15) is 0 Å². The molecule has 0 unspecified atom stereocenters. The molecule has 2 rings (SSSR count). The average Bonchev–Trinajstić information content (AvgIpc) is 2.81. The fourth-order valence-corrected chi connectivity index (χ4v) is 1.45. The molecule has 0 spiro atoms. The van der Waals surface area contributed by atoms with Crippen molar-refractivity contribution in [2.24, 2.45) is 0 Å². The molecule has 7 heteroatoms. The molecule has 0 aliphatic rings. The first kappa shape index (κ1) is 13.0. The van der Waals surface area contributed by atoms with E-state index in [1.807, 2.05) is 0 Å². The number of nitrogens with one attached hydrogen (secondary N) is 1. The maximum absolute atomic E-state index is 13.3. The second-order valence-electron chi connectivity index (χ2n) is 3.71. The Hall–Kier alpha value is -2.44. The molecule has 4 nitrogen and oxygen atoms in total. The zero-order valence-electron chi connectivity index (χ0n) is 9.41. The first-order valence-corrected chi connectivity index (χ1v) is 5.16. The van der Waals surface area contributed by atoms with Gasteiger partial charge in [-0.3, -0.25) is 0 Å². The molecule has 0 fully saturated rings. The highest BCUT2D eigenvalue weighted by Crippen LogP contribution is 2.20. The van der Waals surface area contributed by atoms with Crippen LogP contribution in [0, 0.1) is 17.5 Å². The predicted octanol–water partition coefficient (Wildman–Crippen LogP) is 3.01. The van der Waals surface area contributed by atoms with E-state index in [4.69, 9.17) is 9.52 Å². The van der Waals surface area contributed by atoms with E-state index >= 15 is 0 Å². The van der Waals surface area contributed by atoms with Crippen LogP contribution in [0.3, 0.4) is 0 Å². The van der Waals surface area contributed by atoms with Crippen molar-refractivity contribution in [2.75, 3.05) is 5.32 Å². The van der Waals surface area contributed by atoms with Crippen LogP contribution in [0.1, 0.15) is 16.1 Å². The molecule has 0 bridgehead atoms. The second kappa shape index (κ2) is 5.05. The molecule has 2 N–H and O–H groups in total. The Bertz CT molecular complexity index is 625. The SMILES string of the molecule is O=C(O)c1coc(CNc2cc(F)cc(F)c2F)c1. The summed E-state index contributed by atoms with van der Waals surface area (Å²) in [4.78, 5) is 10.6. The van der Waals surface area contributed by atoms with Crippen molar-refractivity contribution in [3.05, 3.63) is 53.2 Å². The minimum Gasteiger partial charge on any atom is -0.478 e. The third kappa shape index (κ3) is 2.87. The van der Waals surface area contributed by atoms with Gasteiger partial charge in [-0.15, -0.1) is 0 Å². The standard InChI is InChI=1S/C12H8F3NO3/c13-7-2-9(14)11(15)10(3-7)16-4-8-1-6(5-19-8)12(17)18/h1-3,5,16H,4H2,(H,17,18). The molecule has 1 heterocycles. The van der Waals surface area contributed by atoms with E-state index in [-0.39, 0.29) is 23.6 Å². The molecule has 0 radical (unpaired) electrons. The van der Waals surface area contributed by atoms with Gasteiger partial charge in [-0.05, 0) is 6.07 Å². The smallest absolute Gasteiger partial charge is 0.338 e. The number of benzene rings is 1. The molecule has 1 aromatic carbocycles. The Labute approximate surface area is 105 Å². The highest BCUT2D eigenvalue weighted by molar-refractivity contribution is 5.87. The Morgan fingerprint density at radius 1 is 1.26 bits per heavy atom. The fraction of sp³-hybridized carbons (Fsp3) is 0.0833. The van der Waals surface area contributed by atoms with Crippen LogP contribution < -0.4 is 5.32 Å². The molecule has 19 heavy (non-hydrogen) atoms. The largest absolute Gasteiger partial charge is 0.478 e. The molecular weight excluding hydrogens is 263 g/mol. The molecule has 0 aliphatic carbocycles. The van der Waals surface area contributed by atoms with Gasteiger partial charge >= 0.3 is 5.97 Å². The van der Waals surface area contributed by atoms with Crippen LogP contribution in [0.15, 0.2) is 28.9 Å². The van der Waals surface area contributed by atoms with Crippen molar-refractivity contribution in [1.82, 2.24) is 0 Å². The van der Waals surface area contributed by atoms with Crippen LogP contribution in [0.25, 0.3) is 0 Å². The third-order valence-electron chi connectivity index (χ3n) is 2.35. The van der Waals surface area contributed by atoms with Crippen molar-refractivity contribution in [1.29, 1.82) is 0 Å². The normalized spacial score (nSPS) is 10.5. The maximum atomic E-state index is 13.3. The summed E-state index contributed by atoms with van der Waals surface area (Å²) in [5.41, 5.74) is -0.437. The van der Waals surface area contributed by atoms with Crippen LogP contribution in [0.4, 0.5) is 18.9 Å². The third-order valence-corrected chi connectivity index (χ3v) is 2.35. The summed E-state index contributed by atoms with van der Waals surface area (Å²) in [5.74, 6) is -4.42. The van der Waals surface area contributed by atoms with Crippen LogP contribution >= 0.6 is 0 Å². The van der Waals surface area contributed by atoms with Crippen LogP contribution in [0.5, 0.6) is 0 Å². The van der Waals surface area contributed by atoms with E-state index in [1.165, 1.54) is 6.07 Å². The summed E-state index contributed by atoms with van der Waals surface area (Å²) in [6.07, 6.45) is 1.02. The van der Waals surface area contributed by atoms with Gasteiger partial charge in [0, 0.05) is 12.1 Å². The Morgan fingerprint density at radius 3 is 2.63 bits per heavy atom. The van der Waals surface area contributed by atoms with Crippen molar-refractivity contribution in [3.8, 4) is 0 Å². The monoisotopic (exact) mass is 271 g/mol. The van der Waals surface area contributed by atoms with Gasteiger partial charge in [0.05, 0.1) is 17.8 Å². The number of carboxylic acids is 1. The number of aromatic carboxylic acids is 1. The lowest BCUT2D eigenvalue weighted by molar-refractivity contribution is 0.0696. The average molecular weight is 271 g/mol. The minimum atomic E-state index is -1.31. The zero-order valence-corrected chi connectivity index (χ0v) is 9.41. The summed E-state index contributed by atoms with van der Waals surface area (Å²) in [6.45, 7) is -0.104. The first-order valence-electron chi connectivity index (χ1n) is 5.16. The lowest BCUT2D eigenvalue weighted by Crippen LogP contribution is -2.03. The van der Waals surface area contributed by atoms with Crippen molar-refractivity contribution in [2.45, 2.75) is 6.54 Å². The lowest BCUT2D eigenvalue weighted by atomic mass is 10.2. The molecule has 100 valence electrons. The highest BCUT2D eigenvalue weighted by atomic mass is 19.2. The Morgan fingerprint density at radius 2 is 2.00 bits per heavy atom. The van der Waals surface area contributed by atoms with Crippen molar-refractivity contribution >= 4 is 11.7 Å². The van der Waals surface area contributed by atoms with Crippen LogP contribution in [-0.4, -0.2) is 11.1 Å². The summed E-state index contributed by atoms with van der Waals surface area (Å²) < 4.78 is 44.0. The number of anilines is 1. The van der Waals surface area contributed by atoms with Crippen molar-refractivity contribution in [3.63, 3.8) is 0 Å². The van der Waals surface area contributed by atoms with Gasteiger partial charge < -0.3 is 14.8 Å². The van der Waals surface area contributed by atoms with Crippen LogP contribution in [-0.2, 0) is 6.54 Å².